The molecular weight excluding hydrogens is 305 g/mol. The van der Waals surface area contributed by atoms with Gasteiger partial charge in [-0.15, -0.1) is 0 Å². The molecule has 2 N–H and O–H groups in total. The fourth-order valence-electron chi connectivity index (χ4n) is 2.25. The summed E-state index contributed by atoms with van der Waals surface area (Å²) in [5, 5.41) is 10.1. The molecule has 22 heavy (non-hydrogen) atoms. The van der Waals surface area contributed by atoms with Gasteiger partial charge in [0.1, 0.15) is 5.82 Å². The molecule has 0 aromatic heterocycles. The summed E-state index contributed by atoms with van der Waals surface area (Å²) in [6.07, 6.45) is -0.947. The lowest BCUT2D eigenvalue weighted by molar-refractivity contribution is 0.181. The molecule has 0 aliphatic carbocycles. The highest BCUT2D eigenvalue weighted by Gasteiger charge is 2.19. The normalized spacial score (nSPS) is 13.1. The Morgan fingerprint density at radius 1 is 1.14 bits per heavy atom. The van der Waals surface area contributed by atoms with Crippen molar-refractivity contribution in [3.05, 3.63) is 65.0 Å². The molecule has 0 aliphatic heterocycles. The van der Waals surface area contributed by atoms with Crippen molar-refractivity contribution in [1.29, 1.82) is 0 Å². The number of halogens is 1. The summed E-state index contributed by atoms with van der Waals surface area (Å²) in [6.45, 7) is 3.22. The molecule has 2 rings (SSSR count). The molecule has 0 amide bonds. The van der Waals surface area contributed by atoms with Crippen LogP contribution in [0.15, 0.2) is 47.4 Å². The van der Waals surface area contributed by atoms with Gasteiger partial charge in [0, 0.05) is 6.54 Å². The average Bonchev–Trinajstić information content (AvgIpc) is 2.45. The molecule has 118 valence electrons. The number of sulfonamides is 1. The van der Waals surface area contributed by atoms with Gasteiger partial charge in [-0.25, -0.2) is 17.5 Å². The zero-order valence-electron chi connectivity index (χ0n) is 12.4. The SMILES string of the molecule is Cc1ccccc1C(O)CNS(=O)(=O)c1ccc(F)cc1C. The van der Waals surface area contributed by atoms with Crippen molar-refractivity contribution < 1.29 is 17.9 Å². The van der Waals surface area contributed by atoms with Crippen LogP contribution in [0.1, 0.15) is 22.8 Å². The Kier molecular flexibility index (Phi) is 4.95. The number of aryl methyl sites for hydroxylation is 2. The van der Waals surface area contributed by atoms with Gasteiger partial charge in [0.25, 0.3) is 0 Å². The van der Waals surface area contributed by atoms with E-state index in [9.17, 15) is 17.9 Å². The van der Waals surface area contributed by atoms with Gasteiger partial charge in [-0.05, 0) is 48.7 Å². The van der Waals surface area contributed by atoms with Gasteiger partial charge in [0.15, 0.2) is 0 Å². The minimum Gasteiger partial charge on any atom is -0.387 e. The van der Waals surface area contributed by atoms with Crippen molar-refractivity contribution in [2.45, 2.75) is 24.8 Å². The zero-order valence-corrected chi connectivity index (χ0v) is 13.2. The summed E-state index contributed by atoms with van der Waals surface area (Å²) in [6, 6.07) is 10.7. The number of aliphatic hydroxyl groups excluding tert-OH is 1. The van der Waals surface area contributed by atoms with Crippen LogP contribution < -0.4 is 4.72 Å². The Labute approximate surface area is 129 Å². The molecule has 0 spiro atoms. The maximum Gasteiger partial charge on any atom is 0.240 e. The van der Waals surface area contributed by atoms with E-state index in [1.165, 1.54) is 13.0 Å². The predicted molar refractivity (Wildman–Crippen MR) is 82.5 cm³/mol. The molecule has 4 nitrogen and oxygen atoms in total. The Morgan fingerprint density at radius 2 is 1.82 bits per heavy atom. The van der Waals surface area contributed by atoms with E-state index in [0.29, 0.717) is 11.1 Å². The van der Waals surface area contributed by atoms with Crippen LogP contribution in [0, 0.1) is 19.7 Å². The highest BCUT2D eigenvalue weighted by Crippen LogP contribution is 2.19. The monoisotopic (exact) mass is 323 g/mol. The van der Waals surface area contributed by atoms with Gasteiger partial charge in [-0.3, -0.25) is 0 Å². The Morgan fingerprint density at radius 3 is 2.45 bits per heavy atom. The van der Waals surface area contributed by atoms with E-state index in [2.05, 4.69) is 4.72 Å². The molecule has 1 atom stereocenters. The third-order valence-electron chi connectivity index (χ3n) is 3.44. The van der Waals surface area contributed by atoms with Crippen LogP contribution in [0.4, 0.5) is 4.39 Å². The average molecular weight is 323 g/mol. The minimum absolute atomic E-state index is 0.00545. The summed E-state index contributed by atoms with van der Waals surface area (Å²) in [5.41, 5.74) is 1.87. The van der Waals surface area contributed by atoms with Crippen molar-refractivity contribution in [2.75, 3.05) is 6.54 Å². The molecule has 0 saturated carbocycles. The third kappa shape index (κ3) is 3.71. The van der Waals surface area contributed by atoms with Crippen molar-refractivity contribution in [1.82, 2.24) is 4.72 Å². The second kappa shape index (κ2) is 6.56. The second-order valence-corrected chi connectivity index (χ2v) is 6.87. The number of hydrogen-bond acceptors (Lipinski definition) is 3. The first kappa shape index (κ1) is 16.6. The largest absolute Gasteiger partial charge is 0.387 e. The van der Waals surface area contributed by atoms with E-state index < -0.39 is 21.9 Å². The van der Waals surface area contributed by atoms with Crippen LogP contribution in [0.2, 0.25) is 0 Å². The predicted octanol–water partition coefficient (Wildman–Crippen LogP) is 2.45. The van der Waals surface area contributed by atoms with E-state index >= 15 is 0 Å². The van der Waals surface area contributed by atoms with Crippen molar-refractivity contribution >= 4 is 10.0 Å². The van der Waals surface area contributed by atoms with Gasteiger partial charge in [-0.1, -0.05) is 24.3 Å². The molecule has 6 heteroatoms. The molecule has 0 radical (unpaired) electrons. The van der Waals surface area contributed by atoms with E-state index in [-0.39, 0.29) is 11.4 Å². The zero-order chi connectivity index (χ0) is 16.3. The van der Waals surface area contributed by atoms with Crippen molar-refractivity contribution in [3.63, 3.8) is 0 Å². The van der Waals surface area contributed by atoms with E-state index in [4.69, 9.17) is 0 Å². The topological polar surface area (TPSA) is 66.4 Å². The van der Waals surface area contributed by atoms with Gasteiger partial charge in [0.05, 0.1) is 11.0 Å². The smallest absolute Gasteiger partial charge is 0.240 e. The molecule has 0 heterocycles. The maximum absolute atomic E-state index is 13.1. The number of rotatable bonds is 5. The lowest BCUT2D eigenvalue weighted by atomic mass is 10.0. The second-order valence-electron chi connectivity index (χ2n) is 5.13. The Bertz CT molecular complexity index is 775. The van der Waals surface area contributed by atoms with Crippen LogP contribution in [0.3, 0.4) is 0 Å². The van der Waals surface area contributed by atoms with E-state index in [0.717, 1.165) is 17.7 Å². The molecular formula is C16H18FNO3S. The standard InChI is InChI=1S/C16H18FNO3S/c1-11-5-3-4-6-14(11)15(19)10-18-22(20,21)16-8-7-13(17)9-12(16)2/h3-9,15,18-19H,10H2,1-2H3. The van der Waals surface area contributed by atoms with Crippen LogP contribution in [0.25, 0.3) is 0 Å². The lowest BCUT2D eigenvalue weighted by Crippen LogP contribution is -2.29. The van der Waals surface area contributed by atoms with Gasteiger partial charge >= 0.3 is 0 Å². The first-order valence-corrected chi connectivity index (χ1v) is 8.29. The first-order chi connectivity index (χ1) is 10.3. The van der Waals surface area contributed by atoms with Gasteiger partial charge in [-0.2, -0.15) is 0 Å². The first-order valence-electron chi connectivity index (χ1n) is 6.80. The number of nitrogens with one attached hydrogen (secondary N) is 1. The van der Waals surface area contributed by atoms with E-state index in [1.807, 2.05) is 19.1 Å². The van der Waals surface area contributed by atoms with E-state index in [1.54, 1.807) is 12.1 Å². The molecule has 0 aliphatic rings. The van der Waals surface area contributed by atoms with Crippen molar-refractivity contribution in [2.24, 2.45) is 0 Å². The van der Waals surface area contributed by atoms with Crippen LogP contribution in [-0.4, -0.2) is 20.1 Å². The summed E-state index contributed by atoms with van der Waals surface area (Å²) in [5.74, 6) is -0.489. The molecule has 0 fully saturated rings. The maximum atomic E-state index is 13.1. The number of aliphatic hydroxyl groups is 1. The molecule has 0 bridgehead atoms. The fraction of sp³-hybridized carbons (Fsp3) is 0.250. The molecule has 0 saturated heterocycles. The number of hydrogen-bond donors (Lipinski definition) is 2. The van der Waals surface area contributed by atoms with Gasteiger partial charge in [0.2, 0.25) is 10.0 Å². The van der Waals surface area contributed by atoms with Crippen molar-refractivity contribution in [3.8, 4) is 0 Å². The minimum atomic E-state index is -3.80. The Hall–Kier alpha value is -1.76. The quantitative estimate of drug-likeness (QED) is 0.888. The molecule has 2 aromatic rings. The fourth-order valence-corrected chi connectivity index (χ4v) is 3.51. The Balaban J connectivity index is 2.15. The number of benzene rings is 2. The van der Waals surface area contributed by atoms with Crippen LogP contribution >= 0.6 is 0 Å². The molecule has 1 unspecified atom stereocenters. The third-order valence-corrected chi connectivity index (χ3v) is 5.02. The van der Waals surface area contributed by atoms with Crippen LogP contribution in [0.5, 0.6) is 0 Å². The van der Waals surface area contributed by atoms with Crippen LogP contribution in [-0.2, 0) is 10.0 Å². The summed E-state index contributed by atoms with van der Waals surface area (Å²) in [4.78, 5) is 0.00545. The summed E-state index contributed by atoms with van der Waals surface area (Å²) in [7, 11) is -3.80. The molecule has 2 aromatic carbocycles. The highest BCUT2D eigenvalue weighted by atomic mass is 32.2. The van der Waals surface area contributed by atoms with Gasteiger partial charge < -0.3 is 5.11 Å². The summed E-state index contributed by atoms with van der Waals surface area (Å²) >= 11 is 0. The summed E-state index contributed by atoms with van der Waals surface area (Å²) < 4.78 is 39.9. The highest BCUT2D eigenvalue weighted by molar-refractivity contribution is 7.89. The lowest BCUT2D eigenvalue weighted by Gasteiger charge is -2.15.